The molecule has 7 nitrogen and oxygen atoms in total. The molecule has 0 aromatic carbocycles. The second-order valence-electron chi connectivity index (χ2n) is 8.99. The van der Waals surface area contributed by atoms with Gasteiger partial charge in [0.2, 0.25) is 0 Å². The first-order valence-electron chi connectivity index (χ1n) is 10.5. The molecule has 2 aromatic rings. The number of fused-ring (bicyclic) bond motifs is 1. The minimum Gasteiger partial charge on any atom is -0.452 e. The maximum Gasteiger partial charge on any atom is 0.339 e. The molecule has 1 amide bonds. The van der Waals surface area contributed by atoms with Crippen molar-refractivity contribution in [1.82, 2.24) is 19.7 Å². The van der Waals surface area contributed by atoms with Gasteiger partial charge in [0.05, 0.1) is 17.1 Å². The Bertz CT molecular complexity index is 893. The molecule has 3 heterocycles. The van der Waals surface area contributed by atoms with Crippen molar-refractivity contribution in [1.29, 1.82) is 0 Å². The predicted molar refractivity (Wildman–Crippen MR) is 112 cm³/mol. The lowest BCUT2D eigenvalue weighted by atomic mass is 9.92. The van der Waals surface area contributed by atoms with Gasteiger partial charge in [0.1, 0.15) is 0 Å². The van der Waals surface area contributed by atoms with E-state index < -0.39 is 5.97 Å². The van der Waals surface area contributed by atoms with Crippen molar-refractivity contribution >= 4 is 22.9 Å². The Morgan fingerprint density at radius 3 is 2.41 bits per heavy atom. The molecule has 0 saturated carbocycles. The van der Waals surface area contributed by atoms with Crippen LogP contribution < -0.4 is 0 Å². The molecule has 1 aliphatic heterocycles. The summed E-state index contributed by atoms with van der Waals surface area (Å²) in [6, 6.07) is 1.88. The van der Waals surface area contributed by atoms with Crippen LogP contribution >= 0.6 is 0 Å². The van der Waals surface area contributed by atoms with Crippen molar-refractivity contribution in [2.45, 2.75) is 59.9 Å². The van der Waals surface area contributed by atoms with E-state index in [-0.39, 0.29) is 24.5 Å². The summed E-state index contributed by atoms with van der Waals surface area (Å²) in [7, 11) is 0. The number of aromatic nitrogens is 3. The summed E-state index contributed by atoms with van der Waals surface area (Å²) < 4.78 is 7.24. The van der Waals surface area contributed by atoms with Crippen LogP contribution in [0.25, 0.3) is 11.0 Å². The Morgan fingerprint density at radius 1 is 1.17 bits per heavy atom. The number of esters is 1. The minimum atomic E-state index is -0.505. The molecule has 0 unspecified atom stereocenters. The standard InChI is InChI=1S/C22H32N4O3/c1-13(2)19-8-17(18-9-23-26(14(3)4)21(18)24-19)22(28)29-12-20(27)25-10-15(5)7-16(6)11-25/h8-9,13-16H,7,10-12H2,1-6H3/t15-,16-/m0/s1. The van der Waals surface area contributed by atoms with Crippen LogP contribution in [-0.4, -0.2) is 51.2 Å². The Hall–Kier alpha value is -2.44. The molecule has 2 aromatic heterocycles. The number of carbonyl (C=O) groups is 2. The topological polar surface area (TPSA) is 77.3 Å². The Kier molecular flexibility index (Phi) is 6.24. The van der Waals surface area contributed by atoms with Crippen LogP contribution in [0.1, 0.15) is 76.0 Å². The van der Waals surface area contributed by atoms with Crippen LogP contribution in [0.2, 0.25) is 0 Å². The SMILES string of the molecule is CC(C)c1cc(C(=O)OCC(=O)N2C[C@@H](C)C[C@H](C)C2)c2cnn(C(C)C)c2n1. The Labute approximate surface area is 172 Å². The fraction of sp³-hybridized carbons (Fsp3) is 0.636. The summed E-state index contributed by atoms with van der Waals surface area (Å²) in [5.74, 6) is 0.444. The third-order valence-electron chi connectivity index (χ3n) is 5.44. The number of piperidine rings is 1. The summed E-state index contributed by atoms with van der Waals surface area (Å²) in [6.07, 6.45) is 2.77. The van der Waals surface area contributed by atoms with Gasteiger partial charge in [-0.25, -0.2) is 14.5 Å². The number of ether oxygens (including phenoxy) is 1. The van der Waals surface area contributed by atoms with E-state index in [2.05, 4.69) is 18.9 Å². The third kappa shape index (κ3) is 4.60. The van der Waals surface area contributed by atoms with Crippen molar-refractivity contribution in [3.8, 4) is 0 Å². The monoisotopic (exact) mass is 400 g/mol. The van der Waals surface area contributed by atoms with Gasteiger partial charge in [-0.1, -0.05) is 27.7 Å². The lowest BCUT2D eigenvalue weighted by Crippen LogP contribution is -2.44. The van der Waals surface area contributed by atoms with Gasteiger partial charge in [0.25, 0.3) is 5.91 Å². The van der Waals surface area contributed by atoms with Crippen molar-refractivity contribution < 1.29 is 14.3 Å². The highest BCUT2D eigenvalue weighted by atomic mass is 16.5. The number of rotatable bonds is 5. The molecular formula is C22H32N4O3. The van der Waals surface area contributed by atoms with Crippen LogP contribution in [0.5, 0.6) is 0 Å². The minimum absolute atomic E-state index is 0.121. The van der Waals surface area contributed by atoms with Crippen LogP contribution in [0, 0.1) is 11.8 Å². The van der Waals surface area contributed by atoms with Crippen molar-refractivity contribution in [3.05, 3.63) is 23.5 Å². The first-order valence-corrected chi connectivity index (χ1v) is 10.5. The van der Waals surface area contributed by atoms with Crippen LogP contribution in [0.15, 0.2) is 12.3 Å². The number of amides is 1. The van der Waals surface area contributed by atoms with Crippen molar-refractivity contribution in [2.75, 3.05) is 19.7 Å². The van der Waals surface area contributed by atoms with Gasteiger partial charge in [-0.2, -0.15) is 5.10 Å². The summed E-state index contributed by atoms with van der Waals surface area (Å²) in [6.45, 7) is 13.6. The van der Waals surface area contributed by atoms with E-state index in [4.69, 9.17) is 9.72 Å². The van der Waals surface area contributed by atoms with Crippen LogP contribution in [0.4, 0.5) is 0 Å². The zero-order chi connectivity index (χ0) is 21.3. The molecular weight excluding hydrogens is 368 g/mol. The Morgan fingerprint density at radius 2 is 1.83 bits per heavy atom. The van der Waals surface area contributed by atoms with Gasteiger partial charge < -0.3 is 9.64 Å². The zero-order valence-corrected chi connectivity index (χ0v) is 18.3. The highest BCUT2D eigenvalue weighted by molar-refractivity contribution is 6.03. The van der Waals surface area contributed by atoms with Gasteiger partial charge in [-0.05, 0) is 44.1 Å². The largest absolute Gasteiger partial charge is 0.452 e. The smallest absolute Gasteiger partial charge is 0.339 e. The third-order valence-corrected chi connectivity index (χ3v) is 5.44. The highest BCUT2D eigenvalue weighted by Crippen LogP contribution is 2.25. The molecule has 0 radical (unpaired) electrons. The number of nitrogens with zero attached hydrogens (tertiary/aromatic N) is 4. The summed E-state index contributed by atoms with van der Waals surface area (Å²) in [5.41, 5.74) is 1.89. The molecule has 7 heteroatoms. The molecule has 3 rings (SSSR count). The molecule has 1 fully saturated rings. The Balaban J connectivity index is 1.80. The average molecular weight is 401 g/mol. The number of hydrogen-bond donors (Lipinski definition) is 0. The van der Waals surface area contributed by atoms with Crippen molar-refractivity contribution in [3.63, 3.8) is 0 Å². The molecule has 29 heavy (non-hydrogen) atoms. The van der Waals surface area contributed by atoms with E-state index in [9.17, 15) is 9.59 Å². The highest BCUT2D eigenvalue weighted by Gasteiger charge is 2.27. The van der Waals surface area contributed by atoms with Gasteiger partial charge in [-0.15, -0.1) is 0 Å². The molecule has 0 spiro atoms. The number of likely N-dealkylation sites (tertiary alicyclic amines) is 1. The number of carbonyl (C=O) groups excluding carboxylic acids is 2. The average Bonchev–Trinajstić information content (AvgIpc) is 3.08. The molecule has 1 saturated heterocycles. The van der Waals surface area contributed by atoms with E-state index in [1.807, 2.05) is 32.6 Å². The molecule has 0 bridgehead atoms. The lowest BCUT2D eigenvalue weighted by Gasteiger charge is -2.34. The quantitative estimate of drug-likeness (QED) is 0.714. The van der Waals surface area contributed by atoms with E-state index in [0.29, 0.717) is 28.4 Å². The molecule has 2 atom stereocenters. The molecule has 0 N–H and O–H groups in total. The summed E-state index contributed by atoms with van der Waals surface area (Å²) in [4.78, 5) is 32.0. The zero-order valence-electron chi connectivity index (χ0n) is 18.3. The first kappa shape index (κ1) is 21.3. The van der Waals surface area contributed by atoms with Gasteiger partial charge in [-0.3, -0.25) is 4.79 Å². The molecule has 0 aliphatic carbocycles. The molecule has 1 aliphatic rings. The van der Waals surface area contributed by atoms with Gasteiger partial charge in [0, 0.05) is 24.8 Å². The maximum absolute atomic E-state index is 12.9. The normalized spacial score (nSPS) is 19.9. The maximum atomic E-state index is 12.9. The van der Waals surface area contributed by atoms with E-state index >= 15 is 0 Å². The predicted octanol–water partition coefficient (Wildman–Crippen LogP) is 3.80. The summed E-state index contributed by atoms with van der Waals surface area (Å²) >= 11 is 0. The second kappa shape index (κ2) is 8.51. The van der Waals surface area contributed by atoms with E-state index in [1.54, 1.807) is 16.9 Å². The van der Waals surface area contributed by atoms with E-state index in [1.165, 1.54) is 0 Å². The van der Waals surface area contributed by atoms with Gasteiger partial charge in [0.15, 0.2) is 12.3 Å². The number of pyridine rings is 1. The van der Waals surface area contributed by atoms with Crippen molar-refractivity contribution in [2.24, 2.45) is 11.8 Å². The van der Waals surface area contributed by atoms with Gasteiger partial charge >= 0.3 is 5.97 Å². The first-order chi connectivity index (χ1) is 13.7. The number of hydrogen-bond acceptors (Lipinski definition) is 5. The summed E-state index contributed by atoms with van der Waals surface area (Å²) in [5, 5.41) is 5.05. The lowest BCUT2D eigenvalue weighted by molar-refractivity contribution is -0.137. The second-order valence-corrected chi connectivity index (χ2v) is 8.99. The van der Waals surface area contributed by atoms with E-state index in [0.717, 1.165) is 25.2 Å². The fourth-order valence-corrected chi connectivity index (χ4v) is 4.04. The van der Waals surface area contributed by atoms with Crippen LogP contribution in [-0.2, 0) is 9.53 Å². The van der Waals surface area contributed by atoms with Crippen LogP contribution in [0.3, 0.4) is 0 Å². The molecule has 158 valence electrons. The fourth-order valence-electron chi connectivity index (χ4n) is 4.04.